The van der Waals surface area contributed by atoms with Crippen molar-refractivity contribution in [1.82, 2.24) is 0 Å². The van der Waals surface area contributed by atoms with E-state index in [1.54, 1.807) is 0 Å². The van der Waals surface area contributed by atoms with Crippen LogP contribution in [-0.2, 0) is 30.2 Å². The van der Waals surface area contributed by atoms with Crippen molar-refractivity contribution >= 4 is 29.1 Å². The topological polar surface area (TPSA) is 23.6 Å². The molecule has 0 spiro atoms. The number of nitrogens with zero attached hydrogens (tertiary/aromatic N) is 2. The molecule has 0 aliphatic carbocycles. The van der Waals surface area contributed by atoms with Crippen LogP contribution in [0.15, 0.2) is 24.3 Å². The van der Waals surface area contributed by atoms with Gasteiger partial charge < -0.3 is 14.4 Å². The van der Waals surface area contributed by atoms with Gasteiger partial charge in [0.2, 0.25) is 0 Å². The van der Waals surface area contributed by atoms with Crippen molar-refractivity contribution in [2.24, 2.45) is 0 Å². The van der Waals surface area contributed by atoms with E-state index < -0.39 is 7.14 Å². The van der Waals surface area contributed by atoms with Crippen molar-refractivity contribution in [1.29, 1.82) is 0 Å². The lowest BCUT2D eigenvalue weighted by molar-refractivity contribution is 0.590. The summed E-state index contributed by atoms with van der Waals surface area (Å²) in [4.78, 5) is 4.39. The van der Waals surface area contributed by atoms with Gasteiger partial charge in [-0.05, 0) is 78.9 Å². The van der Waals surface area contributed by atoms with E-state index in [0.717, 1.165) is 36.3 Å². The Morgan fingerprint density at radius 1 is 0.621 bits per heavy atom. The summed E-state index contributed by atoms with van der Waals surface area (Å²) >= 11 is 0. The van der Waals surface area contributed by atoms with Crippen LogP contribution >= 0.6 is 7.14 Å². The first kappa shape index (κ1) is 23.5. The van der Waals surface area contributed by atoms with Gasteiger partial charge in [-0.1, -0.05) is 27.7 Å². The fourth-order valence-corrected chi connectivity index (χ4v) is 6.26. The largest absolute Gasteiger partial charge is 0.377 e. The Morgan fingerprint density at radius 3 is 1.03 bits per heavy atom. The molecule has 0 aliphatic heterocycles. The monoisotopic (exact) mass is 414 g/mol. The predicted octanol–water partition coefficient (Wildman–Crippen LogP) is 5.01. The molecule has 2 aromatic rings. The number of hydrogen-bond acceptors (Lipinski definition) is 3. The molecule has 0 saturated carbocycles. The molecule has 160 valence electrons. The molecule has 4 heteroatoms. The van der Waals surface area contributed by atoms with Crippen molar-refractivity contribution in [2.75, 3.05) is 44.7 Å². The van der Waals surface area contributed by atoms with Crippen LogP contribution in [0.25, 0.3) is 0 Å². The van der Waals surface area contributed by atoms with Gasteiger partial charge in [0.15, 0.2) is 0 Å². The molecule has 0 saturated heterocycles. The van der Waals surface area contributed by atoms with Crippen LogP contribution in [0, 0.1) is 0 Å². The number of rotatable bonds is 8. The van der Waals surface area contributed by atoms with E-state index in [4.69, 9.17) is 0 Å². The van der Waals surface area contributed by atoms with E-state index in [-0.39, 0.29) is 0 Å². The summed E-state index contributed by atoms with van der Waals surface area (Å²) in [7, 11) is 5.69. The molecule has 0 aromatic heterocycles. The normalized spacial score (nSPS) is 11.6. The molecule has 0 fully saturated rings. The standard InChI is InChI=1S/C25H39N2OP/c1-10-18-14-22(15-19(11-2)24(18)26(5)6)29(9,28)23-16-20(12-3)25(27(7)8)21(13-4)17-23/h14-17H,10-13H2,1-9H3. The zero-order valence-corrected chi connectivity index (χ0v) is 20.8. The summed E-state index contributed by atoms with van der Waals surface area (Å²) in [5, 5.41) is 1.97. The van der Waals surface area contributed by atoms with E-state index in [1.807, 2.05) is 6.66 Å². The third kappa shape index (κ3) is 4.56. The molecule has 0 aliphatic rings. The first-order valence-corrected chi connectivity index (χ1v) is 13.0. The van der Waals surface area contributed by atoms with Crippen molar-refractivity contribution < 1.29 is 4.57 Å². The van der Waals surface area contributed by atoms with Crippen LogP contribution in [0.5, 0.6) is 0 Å². The number of anilines is 2. The highest BCUT2D eigenvalue weighted by Crippen LogP contribution is 2.42. The van der Waals surface area contributed by atoms with E-state index >= 15 is 0 Å². The van der Waals surface area contributed by atoms with E-state index in [0.29, 0.717) is 0 Å². The number of aryl methyl sites for hydroxylation is 4. The molecular weight excluding hydrogens is 375 g/mol. The minimum absolute atomic E-state index is 0.939. The Bertz CT molecular complexity index is 794. The van der Waals surface area contributed by atoms with Gasteiger partial charge in [-0.15, -0.1) is 0 Å². The molecule has 2 aromatic carbocycles. The minimum atomic E-state index is -2.69. The average molecular weight is 415 g/mol. The maximum absolute atomic E-state index is 14.2. The third-order valence-electron chi connectivity index (χ3n) is 5.91. The quantitative estimate of drug-likeness (QED) is 0.567. The SMILES string of the molecule is CCc1cc(P(C)(=O)c2cc(CC)c(N(C)C)c(CC)c2)cc(CC)c1N(C)C. The lowest BCUT2D eigenvalue weighted by Crippen LogP contribution is -2.22. The van der Waals surface area contributed by atoms with E-state index in [1.165, 1.54) is 33.6 Å². The van der Waals surface area contributed by atoms with E-state index in [2.05, 4.69) is 90.0 Å². The summed E-state index contributed by atoms with van der Waals surface area (Å²) < 4.78 is 14.2. The van der Waals surface area contributed by atoms with Gasteiger partial charge in [-0.2, -0.15) is 0 Å². The Hall–Kier alpha value is -1.73. The van der Waals surface area contributed by atoms with Gasteiger partial charge in [0, 0.05) is 50.2 Å². The zero-order chi connectivity index (χ0) is 21.9. The summed E-state index contributed by atoms with van der Waals surface area (Å²) in [5.74, 6) is 0. The molecule has 0 unspecified atom stereocenters. The highest BCUT2D eigenvalue weighted by molar-refractivity contribution is 7.78. The van der Waals surface area contributed by atoms with E-state index in [9.17, 15) is 4.57 Å². The molecule has 3 nitrogen and oxygen atoms in total. The molecule has 0 radical (unpaired) electrons. The average Bonchev–Trinajstić information content (AvgIpc) is 2.70. The molecular formula is C25H39N2OP. The second kappa shape index (κ2) is 9.39. The van der Waals surface area contributed by atoms with Gasteiger partial charge in [-0.3, -0.25) is 0 Å². The molecule has 2 rings (SSSR count). The Labute approximate surface area is 178 Å². The Morgan fingerprint density at radius 2 is 0.862 bits per heavy atom. The molecule has 0 bridgehead atoms. The van der Waals surface area contributed by atoms with Crippen LogP contribution in [0.2, 0.25) is 0 Å². The molecule has 0 atom stereocenters. The fraction of sp³-hybridized carbons (Fsp3) is 0.520. The van der Waals surface area contributed by atoms with Crippen LogP contribution < -0.4 is 20.4 Å². The van der Waals surface area contributed by atoms with Crippen molar-refractivity contribution in [3.63, 3.8) is 0 Å². The third-order valence-corrected chi connectivity index (χ3v) is 8.40. The van der Waals surface area contributed by atoms with Crippen molar-refractivity contribution in [3.8, 4) is 0 Å². The Kier molecular flexibility index (Phi) is 7.62. The second-order valence-electron chi connectivity index (χ2n) is 8.35. The van der Waals surface area contributed by atoms with Gasteiger partial charge in [0.1, 0.15) is 7.14 Å². The van der Waals surface area contributed by atoms with Gasteiger partial charge in [0.25, 0.3) is 0 Å². The highest BCUT2D eigenvalue weighted by Gasteiger charge is 2.26. The molecule has 0 amide bonds. The van der Waals surface area contributed by atoms with Crippen LogP contribution in [-0.4, -0.2) is 34.9 Å². The molecule has 0 heterocycles. The highest BCUT2D eigenvalue weighted by atomic mass is 31.2. The van der Waals surface area contributed by atoms with Crippen LogP contribution in [0.4, 0.5) is 11.4 Å². The van der Waals surface area contributed by atoms with Crippen LogP contribution in [0.1, 0.15) is 49.9 Å². The minimum Gasteiger partial charge on any atom is -0.377 e. The maximum atomic E-state index is 14.2. The first-order chi connectivity index (χ1) is 13.6. The van der Waals surface area contributed by atoms with Gasteiger partial charge in [0.05, 0.1) is 0 Å². The predicted molar refractivity (Wildman–Crippen MR) is 132 cm³/mol. The smallest absolute Gasteiger partial charge is 0.140 e. The van der Waals surface area contributed by atoms with Crippen molar-refractivity contribution in [2.45, 2.75) is 53.4 Å². The fourth-order valence-electron chi connectivity index (χ4n) is 4.35. The molecule has 0 N–H and O–H groups in total. The van der Waals surface area contributed by atoms with Gasteiger partial charge >= 0.3 is 0 Å². The molecule has 29 heavy (non-hydrogen) atoms. The maximum Gasteiger partial charge on any atom is 0.140 e. The van der Waals surface area contributed by atoms with Crippen molar-refractivity contribution in [3.05, 3.63) is 46.5 Å². The lowest BCUT2D eigenvalue weighted by atomic mass is 10.0. The summed E-state index contributed by atoms with van der Waals surface area (Å²) in [5.41, 5.74) is 7.69. The summed E-state index contributed by atoms with van der Waals surface area (Å²) in [6, 6.07) is 8.75. The Balaban J connectivity index is 2.74. The summed E-state index contributed by atoms with van der Waals surface area (Å²) in [6.45, 7) is 10.7. The first-order valence-electron chi connectivity index (χ1n) is 10.9. The number of benzene rings is 2. The van der Waals surface area contributed by atoms with Crippen LogP contribution in [0.3, 0.4) is 0 Å². The van der Waals surface area contributed by atoms with Gasteiger partial charge in [-0.25, -0.2) is 0 Å². The lowest BCUT2D eigenvalue weighted by Gasteiger charge is -2.26. The zero-order valence-electron chi connectivity index (χ0n) is 19.9. The summed E-state index contributed by atoms with van der Waals surface area (Å²) in [6.07, 6.45) is 3.76. The number of hydrogen-bond donors (Lipinski definition) is 0. The second-order valence-corrected chi connectivity index (χ2v) is 11.2.